The minimum Gasteiger partial charge on any atom is -0.454 e. The molecule has 2 N–H and O–H groups in total. The van der Waals surface area contributed by atoms with E-state index in [1.807, 2.05) is 43.3 Å². The van der Waals surface area contributed by atoms with Crippen molar-refractivity contribution < 1.29 is 14.2 Å². The molecule has 154 valence electrons. The average molecular weight is 405 g/mol. The number of hydrogen-bond acceptors (Lipinski definition) is 8. The van der Waals surface area contributed by atoms with Crippen LogP contribution >= 0.6 is 0 Å². The van der Waals surface area contributed by atoms with Gasteiger partial charge in [-0.05, 0) is 43.3 Å². The molecule has 3 heterocycles. The average Bonchev–Trinajstić information content (AvgIpc) is 3.22. The van der Waals surface area contributed by atoms with Crippen LogP contribution in [0.2, 0.25) is 0 Å². The van der Waals surface area contributed by atoms with E-state index < -0.39 is 0 Å². The van der Waals surface area contributed by atoms with E-state index in [0.29, 0.717) is 11.8 Å². The molecular weight excluding hydrogens is 382 g/mol. The normalized spacial score (nSPS) is 15.2. The summed E-state index contributed by atoms with van der Waals surface area (Å²) in [6.07, 6.45) is 0. The van der Waals surface area contributed by atoms with Gasteiger partial charge in [-0.1, -0.05) is 0 Å². The molecule has 5 rings (SSSR count). The number of aromatic nitrogens is 2. The van der Waals surface area contributed by atoms with Crippen LogP contribution in [-0.2, 0) is 4.74 Å². The van der Waals surface area contributed by atoms with Gasteiger partial charge in [0, 0.05) is 48.0 Å². The Morgan fingerprint density at radius 1 is 0.833 bits per heavy atom. The van der Waals surface area contributed by atoms with Crippen molar-refractivity contribution in [2.75, 3.05) is 48.6 Å². The van der Waals surface area contributed by atoms with Crippen LogP contribution < -0.4 is 25.0 Å². The highest BCUT2D eigenvalue weighted by Crippen LogP contribution is 2.35. The second-order valence-electron chi connectivity index (χ2n) is 7.18. The highest BCUT2D eigenvalue weighted by Gasteiger charge is 2.14. The largest absolute Gasteiger partial charge is 0.454 e. The fourth-order valence-electron chi connectivity index (χ4n) is 3.52. The number of ether oxygens (including phenoxy) is 3. The molecule has 0 atom stereocenters. The summed E-state index contributed by atoms with van der Waals surface area (Å²) in [6.45, 7) is 5.58. The van der Waals surface area contributed by atoms with Crippen molar-refractivity contribution in [2.45, 2.75) is 6.92 Å². The maximum Gasteiger partial charge on any atom is 0.231 e. The highest BCUT2D eigenvalue weighted by molar-refractivity contribution is 5.64. The number of benzene rings is 2. The third-order valence-corrected chi connectivity index (χ3v) is 5.00. The molecular formula is C22H23N5O3. The van der Waals surface area contributed by atoms with Crippen LogP contribution in [0.4, 0.5) is 28.8 Å². The van der Waals surface area contributed by atoms with Crippen LogP contribution in [0.5, 0.6) is 11.5 Å². The first-order valence-electron chi connectivity index (χ1n) is 9.95. The summed E-state index contributed by atoms with van der Waals surface area (Å²) in [5.41, 5.74) is 3.87. The molecule has 2 aliphatic rings. The Morgan fingerprint density at radius 3 is 2.43 bits per heavy atom. The zero-order valence-electron chi connectivity index (χ0n) is 16.7. The van der Waals surface area contributed by atoms with Gasteiger partial charge in [0.2, 0.25) is 12.7 Å². The fourth-order valence-corrected chi connectivity index (χ4v) is 3.52. The molecule has 0 spiro atoms. The topological polar surface area (TPSA) is 80.8 Å². The van der Waals surface area contributed by atoms with Crippen molar-refractivity contribution in [1.82, 2.24) is 9.97 Å². The van der Waals surface area contributed by atoms with Gasteiger partial charge in [-0.15, -0.1) is 0 Å². The predicted molar refractivity (Wildman–Crippen MR) is 115 cm³/mol. The van der Waals surface area contributed by atoms with Crippen molar-refractivity contribution in [1.29, 1.82) is 0 Å². The molecule has 1 saturated heterocycles. The van der Waals surface area contributed by atoms with E-state index in [2.05, 4.69) is 37.6 Å². The first kappa shape index (κ1) is 18.5. The molecule has 8 nitrogen and oxygen atoms in total. The van der Waals surface area contributed by atoms with E-state index in [1.165, 1.54) is 5.69 Å². The number of morpholine rings is 1. The predicted octanol–water partition coefficient (Wildman–Crippen LogP) is 3.84. The number of nitrogens with one attached hydrogen (secondary N) is 2. The monoisotopic (exact) mass is 405 g/mol. The number of hydrogen-bond donors (Lipinski definition) is 2. The summed E-state index contributed by atoms with van der Waals surface area (Å²) in [5.74, 6) is 2.72. The second-order valence-corrected chi connectivity index (χ2v) is 7.18. The molecule has 0 amide bonds. The summed E-state index contributed by atoms with van der Waals surface area (Å²) in [6, 6.07) is 15.9. The number of nitrogens with zero attached hydrogens (tertiary/aromatic N) is 3. The van der Waals surface area contributed by atoms with E-state index in [9.17, 15) is 0 Å². The Labute approximate surface area is 174 Å². The van der Waals surface area contributed by atoms with Crippen molar-refractivity contribution in [3.8, 4) is 11.5 Å². The quantitative estimate of drug-likeness (QED) is 0.663. The number of anilines is 5. The minimum absolute atomic E-state index is 0.254. The maximum atomic E-state index is 5.44. The van der Waals surface area contributed by atoms with Gasteiger partial charge in [-0.3, -0.25) is 0 Å². The highest BCUT2D eigenvalue weighted by atomic mass is 16.7. The first-order chi connectivity index (χ1) is 14.7. The van der Waals surface area contributed by atoms with E-state index in [0.717, 1.165) is 54.9 Å². The molecule has 0 bridgehead atoms. The van der Waals surface area contributed by atoms with E-state index in [1.54, 1.807) is 0 Å². The molecule has 0 aliphatic carbocycles. The van der Waals surface area contributed by atoms with E-state index in [4.69, 9.17) is 14.2 Å². The van der Waals surface area contributed by atoms with Crippen molar-refractivity contribution in [3.63, 3.8) is 0 Å². The lowest BCUT2D eigenvalue weighted by molar-refractivity contribution is 0.122. The lowest BCUT2D eigenvalue weighted by atomic mass is 10.2. The standard InChI is InChI=1S/C22H23N5O3/c1-15-12-21(24-17-4-7-19-20(13-17)30-14-29-19)26-22(23-15)25-16-2-5-18(6-3-16)27-8-10-28-11-9-27/h2-7,12-13H,8-11,14H2,1H3,(H2,23,24,25,26). The first-order valence-corrected chi connectivity index (χ1v) is 9.95. The molecule has 2 aromatic carbocycles. The summed E-state index contributed by atoms with van der Waals surface area (Å²) in [4.78, 5) is 11.4. The van der Waals surface area contributed by atoms with Gasteiger partial charge in [0.15, 0.2) is 11.5 Å². The van der Waals surface area contributed by atoms with E-state index >= 15 is 0 Å². The fraction of sp³-hybridized carbons (Fsp3) is 0.273. The molecule has 1 aromatic heterocycles. The molecule has 0 unspecified atom stereocenters. The van der Waals surface area contributed by atoms with Gasteiger partial charge in [0.25, 0.3) is 0 Å². The van der Waals surface area contributed by atoms with Crippen molar-refractivity contribution in [3.05, 3.63) is 54.2 Å². The summed E-state index contributed by atoms with van der Waals surface area (Å²) in [7, 11) is 0. The van der Waals surface area contributed by atoms with Crippen LogP contribution in [0.3, 0.4) is 0 Å². The van der Waals surface area contributed by atoms with Gasteiger partial charge >= 0.3 is 0 Å². The lowest BCUT2D eigenvalue weighted by Gasteiger charge is -2.28. The van der Waals surface area contributed by atoms with Crippen molar-refractivity contribution >= 4 is 28.8 Å². The molecule has 0 saturated carbocycles. The van der Waals surface area contributed by atoms with Crippen molar-refractivity contribution in [2.24, 2.45) is 0 Å². The Morgan fingerprint density at radius 2 is 1.60 bits per heavy atom. The van der Waals surface area contributed by atoms with Crippen LogP contribution in [0.25, 0.3) is 0 Å². The Balaban J connectivity index is 1.30. The molecule has 30 heavy (non-hydrogen) atoms. The van der Waals surface area contributed by atoms with Gasteiger partial charge in [-0.2, -0.15) is 4.98 Å². The zero-order valence-corrected chi connectivity index (χ0v) is 16.7. The van der Waals surface area contributed by atoms with Crippen LogP contribution in [0.15, 0.2) is 48.5 Å². The summed E-state index contributed by atoms with van der Waals surface area (Å²) >= 11 is 0. The van der Waals surface area contributed by atoms with Gasteiger partial charge < -0.3 is 29.7 Å². The molecule has 0 radical (unpaired) electrons. The summed E-state index contributed by atoms with van der Waals surface area (Å²) in [5, 5.41) is 6.60. The molecule has 3 aromatic rings. The molecule has 2 aliphatic heterocycles. The number of fused-ring (bicyclic) bond motifs is 1. The third kappa shape index (κ3) is 4.08. The smallest absolute Gasteiger partial charge is 0.231 e. The molecule has 8 heteroatoms. The SMILES string of the molecule is Cc1cc(Nc2ccc3c(c2)OCO3)nc(Nc2ccc(N3CCOCC3)cc2)n1. The van der Waals surface area contributed by atoms with Crippen LogP contribution in [0.1, 0.15) is 5.69 Å². The maximum absolute atomic E-state index is 5.44. The molecule has 1 fully saturated rings. The Hall–Kier alpha value is -3.52. The summed E-state index contributed by atoms with van der Waals surface area (Å²) < 4.78 is 16.2. The van der Waals surface area contributed by atoms with Gasteiger partial charge in [0.05, 0.1) is 13.2 Å². The Bertz CT molecular complexity index is 1040. The van der Waals surface area contributed by atoms with Crippen LogP contribution in [0, 0.1) is 6.92 Å². The van der Waals surface area contributed by atoms with Crippen LogP contribution in [-0.4, -0.2) is 43.1 Å². The van der Waals surface area contributed by atoms with Gasteiger partial charge in [-0.25, -0.2) is 4.98 Å². The zero-order chi connectivity index (χ0) is 20.3. The minimum atomic E-state index is 0.254. The number of rotatable bonds is 5. The van der Waals surface area contributed by atoms with E-state index in [-0.39, 0.29) is 6.79 Å². The third-order valence-electron chi connectivity index (χ3n) is 5.00. The van der Waals surface area contributed by atoms with Gasteiger partial charge in [0.1, 0.15) is 5.82 Å². The second kappa shape index (κ2) is 8.08. The lowest BCUT2D eigenvalue weighted by Crippen LogP contribution is -2.36. The Kier molecular flexibility index (Phi) is 4.98. The number of aryl methyl sites for hydroxylation is 1.